The summed E-state index contributed by atoms with van der Waals surface area (Å²) in [5, 5.41) is 9.42. The average molecular weight is 241 g/mol. The van der Waals surface area contributed by atoms with Crippen LogP contribution in [-0.2, 0) is 19.1 Å². The van der Waals surface area contributed by atoms with Crippen LogP contribution in [0, 0.1) is 6.42 Å². The van der Waals surface area contributed by atoms with Crippen molar-refractivity contribution in [3.63, 3.8) is 0 Å². The molecule has 0 spiro atoms. The Hall–Kier alpha value is -1.62. The molecule has 95 valence electrons. The standard InChI is InChI=1S/C12H17O5/c1-3-11(14)16-8-5-6-10(13)7-9-17-12(15)4-2/h3-4,6,10,13H,1-2,5,7-9H2. The third-order valence-corrected chi connectivity index (χ3v) is 1.79. The van der Waals surface area contributed by atoms with Gasteiger partial charge in [0.25, 0.3) is 0 Å². The maximum atomic E-state index is 10.7. The summed E-state index contributed by atoms with van der Waals surface area (Å²) in [7, 11) is 0. The molecule has 0 aliphatic carbocycles. The highest BCUT2D eigenvalue weighted by atomic mass is 16.5. The van der Waals surface area contributed by atoms with Crippen molar-refractivity contribution in [1.82, 2.24) is 0 Å². The van der Waals surface area contributed by atoms with Gasteiger partial charge in [-0.05, 0) is 12.8 Å². The number of carbonyl (C=O) groups excluding carboxylic acids is 2. The first-order chi connectivity index (χ1) is 8.10. The number of esters is 2. The van der Waals surface area contributed by atoms with Crippen molar-refractivity contribution in [3.05, 3.63) is 31.7 Å². The van der Waals surface area contributed by atoms with E-state index < -0.39 is 18.0 Å². The van der Waals surface area contributed by atoms with Gasteiger partial charge in [0.05, 0.1) is 19.3 Å². The number of rotatable bonds is 9. The van der Waals surface area contributed by atoms with E-state index >= 15 is 0 Å². The monoisotopic (exact) mass is 241 g/mol. The summed E-state index contributed by atoms with van der Waals surface area (Å²) < 4.78 is 9.39. The third kappa shape index (κ3) is 9.32. The van der Waals surface area contributed by atoms with Crippen LogP contribution >= 0.6 is 0 Å². The van der Waals surface area contributed by atoms with Gasteiger partial charge < -0.3 is 14.6 Å². The molecule has 1 radical (unpaired) electrons. The molecular weight excluding hydrogens is 224 g/mol. The van der Waals surface area contributed by atoms with Gasteiger partial charge in [0, 0.05) is 18.6 Å². The second kappa shape index (κ2) is 9.59. The van der Waals surface area contributed by atoms with Crippen LogP contribution in [0.25, 0.3) is 0 Å². The minimum absolute atomic E-state index is 0.120. The number of hydrogen-bond donors (Lipinski definition) is 1. The van der Waals surface area contributed by atoms with Crippen molar-refractivity contribution in [2.45, 2.75) is 18.9 Å². The number of carbonyl (C=O) groups is 2. The Labute approximate surface area is 101 Å². The van der Waals surface area contributed by atoms with E-state index in [1.165, 1.54) is 0 Å². The summed E-state index contributed by atoms with van der Waals surface area (Å²) in [6, 6.07) is 0. The Balaban J connectivity index is 3.43. The lowest BCUT2D eigenvalue weighted by Gasteiger charge is -2.09. The van der Waals surface area contributed by atoms with E-state index in [-0.39, 0.29) is 13.2 Å². The Morgan fingerprint density at radius 1 is 1.12 bits per heavy atom. The maximum absolute atomic E-state index is 10.7. The minimum Gasteiger partial charge on any atom is -0.463 e. The van der Waals surface area contributed by atoms with Crippen LogP contribution < -0.4 is 0 Å². The van der Waals surface area contributed by atoms with Crippen LogP contribution in [0.1, 0.15) is 12.8 Å². The molecule has 0 aromatic heterocycles. The highest BCUT2D eigenvalue weighted by molar-refractivity contribution is 5.81. The topological polar surface area (TPSA) is 72.8 Å². The van der Waals surface area contributed by atoms with Crippen LogP contribution in [0.5, 0.6) is 0 Å². The molecule has 5 heteroatoms. The van der Waals surface area contributed by atoms with E-state index in [1.807, 2.05) is 0 Å². The highest BCUT2D eigenvalue weighted by Gasteiger charge is 2.06. The van der Waals surface area contributed by atoms with Gasteiger partial charge in [-0.2, -0.15) is 0 Å². The Bertz CT molecular complexity index is 272. The zero-order chi connectivity index (χ0) is 13.1. The summed E-state index contributed by atoms with van der Waals surface area (Å²) in [6.07, 6.45) is 3.74. The van der Waals surface area contributed by atoms with Crippen molar-refractivity contribution in [3.8, 4) is 0 Å². The van der Waals surface area contributed by atoms with Gasteiger partial charge in [-0.3, -0.25) is 0 Å². The van der Waals surface area contributed by atoms with Crippen molar-refractivity contribution >= 4 is 11.9 Å². The number of aliphatic hydroxyl groups excluding tert-OH is 1. The second-order valence-corrected chi connectivity index (χ2v) is 3.12. The van der Waals surface area contributed by atoms with Crippen LogP contribution in [0.15, 0.2) is 25.3 Å². The van der Waals surface area contributed by atoms with E-state index in [9.17, 15) is 14.7 Å². The first kappa shape index (κ1) is 15.4. The molecule has 5 nitrogen and oxygen atoms in total. The molecule has 0 saturated carbocycles. The van der Waals surface area contributed by atoms with Crippen LogP contribution in [-0.4, -0.2) is 36.4 Å². The zero-order valence-electron chi connectivity index (χ0n) is 9.63. The molecule has 0 rings (SSSR count). The van der Waals surface area contributed by atoms with Crippen LogP contribution in [0.3, 0.4) is 0 Å². The first-order valence-corrected chi connectivity index (χ1v) is 5.20. The molecule has 0 aliphatic rings. The molecule has 0 heterocycles. The predicted molar refractivity (Wildman–Crippen MR) is 61.9 cm³/mol. The lowest BCUT2D eigenvalue weighted by molar-refractivity contribution is -0.139. The molecule has 1 atom stereocenters. The van der Waals surface area contributed by atoms with Crippen molar-refractivity contribution in [2.75, 3.05) is 13.2 Å². The van der Waals surface area contributed by atoms with Gasteiger partial charge in [0.2, 0.25) is 0 Å². The van der Waals surface area contributed by atoms with Crippen molar-refractivity contribution in [1.29, 1.82) is 0 Å². The van der Waals surface area contributed by atoms with Crippen molar-refractivity contribution < 1.29 is 24.2 Å². The van der Waals surface area contributed by atoms with Gasteiger partial charge in [0.15, 0.2) is 0 Å². The van der Waals surface area contributed by atoms with E-state index in [1.54, 1.807) is 6.42 Å². The SMILES string of the molecule is C=CC(=O)OCC[CH]C(O)CCOC(=O)C=C. The lowest BCUT2D eigenvalue weighted by Crippen LogP contribution is -2.14. The maximum Gasteiger partial charge on any atom is 0.330 e. The second-order valence-electron chi connectivity index (χ2n) is 3.12. The summed E-state index contributed by atoms with van der Waals surface area (Å²) >= 11 is 0. The third-order valence-electron chi connectivity index (χ3n) is 1.79. The minimum atomic E-state index is -0.699. The van der Waals surface area contributed by atoms with E-state index in [0.29, 0.717) is 12.8 Å². The molecule has 0 aliphatic heterocycles. The lowest BCUT2D eigenvalue weighted by atomic mass is 10.1. The summed E-state index contributed by atoms with van der Waals surface area (Å²) in [5.74, 6) is -1.01. The molecule has 0 amide bonds. The molecule has 17 heavy (non-hydrogen) atoms. The molecular formula is C12H17O5. The van der Waals surface area contributed by atoms with Crippen molar-refractivity contribution in [2.24, 2.45) is 0 Å². The first-order valence-electron chi connectivity index (χ1n) is 5.20. The molecule has 1 unspecified atom stereocenters. The molecule has 0 saturated heterocycles. The number of hydrogen-bond acceptors (Lipinski definition) is 5. The summed E-state index contributed by atoms with van der Waals surface area (Å²) in [6.45, 7) is 6.80. The van der Waals surface area contributed by atoms with E-state index in [4.69, 9.17) is 4.74 Å². The highest BCUT2D eigenvalue weighted by Crippen LogP contribution is 2.01. The van der Waals surface area contributed by atoms with Gasteiger partial charge in [-0.15, -0.1) is 0 Å². The quantitative estimate of drug-likeness (QED) is 0.367. The van der Waals surface area contributed by atoms with Crippen LogP contribution in [0.4, 0.5) is 0 Å². The average Bonchev–Trinajstić information content (AvgIpc) is 2.33. The smallest absolute Gasteiger partial charge is 0.330 e. The molecule has 0 fully saturated rings. The molecule has 0 bridgehead atoms. The van der Waals surface area contributed by atoms with Gasteiger partial charge >= 0.3 is 11.9 Å². The van der Waals surface area contributed by atoms with E-state index in [0.717, 1.165) is 12.2 Å². The fourth-order valence-corrected chi connectivity index (χ4v) is 0.936. The van der Waals surface area contributed by atoms with Gasteiger partial charge in [-0.1, -0.05) is 13.2 Å². The fraction of sp³-hybridized carbons (Fsp3) is 0.417. The summed E-state index contributed by atoms with van der Waals surface area (Å²) in [4.78, 5) is 21.3. The molecule has 0 aromatic carbocycles. The Kier molecular flexibility index (Phi) is 8.68. The van der Waals surface area contributed by atoms with Crippen LogP contribution in [0.2, 0.25) is 0 Å². The molecule has 1 N–H and O–H groups in total. The van der Waals surface area contributed by atoms with Gasteiger partial charge in [0.1, 0.15) is 0 Å². The van der Waals surface area contributed by atoms with E-state index in [2.05, 4.69) is 17.9 Å². The number of ether oxygens (including phenoxy) is 2. The normalized spacial score (nSPS) is 11.4. The largest absolute Gasteiger partial charge is 0.463 e. The fourth-order valence-electron chi connectivity index (χ4n) is 0.936. The molecule has 0 aromatic rings. The zero-order valence-corrected chi connectivity index (χ0v) is 9.63. The predicted octanol–water partition coefficient (Wildman–Crippen LogP) is 0.790. The summed E-state index contributed by atoms with van der Waals surface area (Å²) in [5.41, 5.74) is 0. The van der Waals surface area contributed by atoms with Gasteiger partial charge in [-0.25, -0.2) is 9.59 Å². The number of aliphatic hydroxyl groups is 1. The Morgan fingerprint density at radius 2 is 1.65 bits per heavy atom. The Morgan fingerprint density at radius 3 is 2.18 bits per heavy atom.